The Morgan fingerprint density at radius 1 is 1.04 bits per heavy atom. The molecule has 0 amide bonds. The van der Waals surface area contributed by atoms with Crippen LogP contribution in [-0.4, -0.2) is 55.7 Å². The summed E-state index contributed by atoms with van der Waals surface area (Å²) in [5.41, 5.74) is 2.94. The van der Waals surface area contributed by atoms with E-state index in [1.807, 2.05) is 42.5 Å². The minimum Gasteiger partial charge on any atom is -0.497 e. The van der Waals surface area contributed by atoms with Gasteiger partial charge in [-0.05, 0) is 17.7 Å². The Labute approximate surface area is 149 Å². The third kappa shape index (κ3) is 4.51. The van der Waals surface area contributed by atoms with E-state index in [9.17, 15) is 5.21 Å². The first-order valence-electron chi connectivity index (χ1n) is 8.68. The highest BCUT2D eigenvalue weighted by atomic mass is 16.5. The van der Waals surface area contributed by atoms with Gasteiger partial charge in [-0.1, -0.05) is 41.6 Å². The molecule has 1 fully saturated rings. The van der Waals surface area contributed by atoms with Crippen molar-refractivity contribution < 1.29 is 9.94 Å². The first-order valence-corrected chi connectivity index (χ1v) is 8.68. The van der Waals surface area contributed by atoms with Gasteiger partial charge in [0.2, 0.25) is 0 Å². The molecule has 0 saturated carbocycles. The number of methoxy groups -OCH3 is 1. The Hall–Kier alpha value is -2.53. The van der Waals surface area contributed by atoms with Crippen molar-refractivity contribution in [3.63, 3.8) is 0 Å². The summed E-state index contributed by atoms with van der Waals surface area (Å²) in [4.78, 5) is 4.81. The van der Waals surface area contributed by atoms with Crippen molar-refractivity contribution in [3.05, 3.63) is 60.2 Å². The lowest BCUT2D eigenvalue weighted by atomic mass is 10.1. The third-order valence-corrected chi connectivity index (χ3v) is 4.68. The van der Waals surface area contributed by atoms with Crippen LogP contribution in [0.15, 0.2) is 59.8 Å². The zero-order valence-electron chi connectivity index (χ0n) is 14.6. The molecule has 2 aromatic rings. The predicted molar refractivity (Wildman–Crippen MR) is 101 cm³/mol. The molecule has 25 heavy (non-hydrogen) atoms. The van der Waals surface area contributed by atoms with Crippen molar-refractivity contribution in [1.29, 1.82) is 0 Å². The van der Waals surface area contributed by atoms with Crippen LogP contribution >= 0.6 is 0 Å². The van der Waals surface area contributed by atoms with E-state index in [0.717, 1.165) is 56.2 Å². The Bertz CT molecular complexity index is 695. The van der Waals surface area contributed by atoms with Crippen LogP contribution < -0.4 is 9.64 Å². The van der Waals surface area contributed by atoms with Crippen LogP contribution in [0.3, 0.4) is 0 Å². The second kappa shape index (κ2) is 8.53. The molecule has 0 radical (unpaired) electrons. The number of nitrogens with zero attached hydrogens (tertiary/aromatic N) is 3. The fraction of sp³-hybridized carbons (Fsp3) is 0.350. The standard InChI is InChI=1S/C20H25N3O2/c1-25-19-9-5-8-18(16-19)23-14-12-22(13-15-23)11-10-20(21-24)17-6-3-2-4-7-17/h2-9,16,24H,10-15H2,1H3. The van der Waals surface area contributed by atoms with Gasteiger partial charge in [-0.15, -0.1) is 0 Å². The largest absolute Gasteiger partial charge is 0.497 e. The molecule has 0 bridgehead atoms. The Balaban J connectivity index is 1.51. The second-order valence-electron chi connectivity index (χ2n) is 6.19. The van der Waals surface area contributed by atoms with Crippen LogP contribution in [0.5, 0.6) is 5.75 Å². The molecular weight excluding hydrogens is 314 g/mol. The van der Waals surface area contributed by atoms with E-state index < -0.39 is 0 Å². The van der Waals surface area contributed by atoms with Crippen LogP contribution in [0, 0.1) is 0 Å². The lowest BCUT2D eigenvalue weighted by molar-refractivity contribution is 0.262. The van der Waals surface area contributed by atoms with E-state index in [4.69, 9.17) is 4.74 Å². The summed E-state index contributed by atoms with van der Waals surface area (Å²) in [7, 11) is 1.70. The summed E-state index contributed by atoms with van der Waals surface area (Å²) < 4.78 is 5.31. The van der Waals surface area contributed by atoms with Crippen LogP contribution in [0.25, 0.3) is 0 Å². The first kappa shape index (κ1) is 17.3. The lowest BCUT2D eigenvalue weighted by Crippen LogP contribution is -2.46. The molecule has 0 aromatic heterocycles. The highest BCUT2D eigenvalue weighted by Gasteiger charge is 2.18. The molecule has 0 aliphatic carbocycles. The molecule has 5 nitrogen and oxygen atoms in total. The quantitative estimate of drug-likeness (QED) is 0.499. The predicted octanol–water partition coefficient (Wildman–Crippen LogP) is 3.09. The van der Waals surface area contributed by atoms with Crippen LogP contribution in [-0.2, 0) is 0 Å². The summed E-state index contributed by atoms with van der Waals surface area (Å²) in [5, 5.41) is 12.8. The SMILES string of the molecule is COc1cccc(N2CCN(CCC(=NO)c3ccccc3)CC2)c1. The number of ether oxygens (including phenoxy) is 1. The molecule has 1 aliphatic rings. The lowest BCUT2D eigenvalue weighted by Gasteiger charge is -2.36. The van der Waals surface area contributed by atoms with E-state index in [1.165, 1.54) is 5.69 Å². The summed E-state index contributed by atoms with van der Waals surface area (Å²) >= 11 is 0. The number of rotatable bonds is 6. The molecule has 1 aliphatic heterocycles. The van der Waals surface area contributed by atoms with Gasteiger partial charge >= 0.3 is 0 Å². The fourth-order valence-corrected chi connectivity index (χ4v) is 3.18. The van der Waals surface area contributed by atoms with E-state index in [0.29, 0.717) is 0 Å². The van der Waals surface area contributed by atoms with E-state index in [1.54, 1.807) is 7.11 Å². The maximum Gasteiger partial charge on any atom is 0.120 e. The normalized spacial score (nSPS) is 16.0. The van der Waals surface area contributed by atoms with Crippen LogP contribution in [0.1, 0.15) is 12.0 Å². The monoisotopic (exact) mass is 339 g/mol. The number of benzene rings is 2. The molecule has 0 spiro atoms. The molecule has 1 saturated heterocycles. The molecule has 1 heterocycles. The maximum absolute atomic E-state index is 9.30. The molecule has 1 N–H and O–H groups in total. The second-order valence-corrected chi connectivity index (χ2v) is 6.19. The van der Waals surface area contributed by atoms with Crippen molar-refractivity contribution in [3.8, 4) is 5.75 Å². The van der Waals surface area contributed by atoms with Gasteiger partial charge in [0.25, 0.3) is 0 Å². The third-order valence-electron chi connectivity index (χ3n) is 4.68. The van der Waals surface area contributed by atoms with Gasteiger partial charge in [-0.25, -0.2) is 0 Å². The first-order chi connectivity index (χ1) is 12.3. The van der Waals surface area contributed by atoms with Gasteiger partial charge in [0.05, 0.1) is 12.8 Å². The molecule has 2 aromatic carbocycles. The molecule has 132 valence electrons. The fourth-order valence-electron chi connectivity index (χ4n) is 3.18. The minimum atomic E-state index is 0.746. The molecule has 5 heteroatoms. The average molecular weight is 339 g/mol. The number of anilines is 1. The Morgan fingerprint density at radius 2 is 1.80 bits per heavy atom. The molecule has 3 rings (SSSR count). The summed E-state index contributed by atoms with van der Waals surface area (Å²) in [6, 6.07) is 18.1. The highest BCUT2D eigenvalue weighted by molar-refractivity contribution is 6.00. The molecule has 0 unspecified atom stereocenters. The van der Waals surface area contributed by atoms with Crippen molar-refractivity contribution in [2.75, 3.05) is 44.7 Å². The summed E-state index contributed by atoms with van der Waals surface area (Å²) in [6.45, 7) is 4.89. The maximum atomic E-state index is 9.30. The van der Waals surface area contributed by atoms with Gasteiger partial charge in [-0.2, -0.15) is 0 Å². The zero-order chi connectivity index (χ0) is 17.5. The van der Waals surface area contributed by atoms with E-state index in [2.05, 4.69) is 27.1 Å². The van der Waals surface area contributed by atoms with Gasteiger partial charge in [-0.3, -0.25) is 4.90 Å². The van der Waals surface area contributed by atoms with Crippen molar-refractivity contribution in [2.24, 2.45) is 5.16 Å². The van der Waals surface area contributed by atoms with Crippen LogP contribution in [0.4, 0.5) is 5.69 Å². The van der Waals surface area contributed by atoms with Crippen LogP contribution in [0.2, 0.25) is 0 Å². The van der Waals surface area contributed by atoms with Gasteiger partial charge < -0.3 is 14.8 Å². The van der Waals surface area contributed by atoms with Crippen molar-refractivity contribution in [1.82, 2.24) is 4.90 Å². The van der Waals surface area contributed by atoms with E-state index in [-0.39, 0.29) is 0 Å². The average Bonchev–Trinajstić information content (AvgIpc) is 2.70. The summed E-state index contributed by atoms with van der Waals surface area (Å²) in [5.74, 6) is 0.895. The zero-order valence-corrected chi connectivity index (χ0v) is 14.6. The number of hydrogen-bond donors (Lipinski definition) is 1. The van der Waals surface area contributed by atoms with Gasteiger partial charge in [0.1, 0.15) is 5.75 Å². The number of hydrogen-bond acceptors (Lipinski definition) is 5. The molecular formula is C20H25N3O2. The van der Waals surface area contributed by atoms with Crippen molar-refractivity contribution in [2.45, 2.75) is 6.42 Å². The highest BCUT2D eigenvalue weighted by Crippen LogP contribution is 2.22. The van der Waals surface area contributed by atoms with Gasteiger partial charge in [0.15, 0.2) is 0 Å². The molecule has 0 atom stereocenters. The minimum absolute atomic E-state index is 0.746. The Kier molecular flexibility index (Phi) is 5.90. The number of oxime groups is 1. The Morgan fingerprint density at radius 3 is 2.48 bits per heavy atom. The van der Waals surface area contributed by atoms with Gasteiger partial charge in [0, 0.05) is 50.9 Å². The van der Waals surface area contributed by atoms with Crippen molar-refractivity contribution >= 4 is 11.4 Å². The number of piperazine rings is 1. The van der Waals surface area contributed by atoms with E-state index >= 15 is 0 Å². The summed E-state index contributed by atoms with van der Waals surface area (Å²) in [6.07, 6.45) is 0.750. The topological polar surface area (TPSA) is 48.3 Å². The smallest absolute Gasteiger partial charge is 0.120 e.